The molecule has 19 heavy (non-hydrogen) atoms. The standard InChI is InChI=1S/C13H23N3O3/c1-12(2,3)9(8-7-15-10(14)18-8)16-11(17)19-13(4,5)6/h7,9H,1-6H3,(H2,14,15)(H,16,17). The average molecular weight is 269 g/mol. The Labute approximate surface area is 113 Å². The molecule has 0 saturated heterocycles. The topological polar surface area (TPSA) is 90.4 Å². The molecule has 0 aliphatic carbocycles. The molecule has 0 saturated carbocycles. The summed E-state index contributed by atoms with van der Waals surface area (Å²) in [5.41, 5.74) is 4.66. The van der Waals surface area contributed by atoms with Gasteiger partial charge in [0.15, 0.2) is 0 Å². The lowest BCUT2D eigenvalue weighted by molar-refractivity contribution is 0.0450. The van der Waals surface area contributed by atoms with Crippen molar-refractivity contribution >= 4 is 12.1 Å². The van der Waals surface area contributed by atoms with Crippen molar-refractivity contribution in [2.45, 2.75) is 53.2 Å². The van der Waals surface area contributed by atoms with Crippen LogP contribution in [0.2, 0.25) is 0 Å². The smallest absolute Gasteiger partial charge is 0.408 e. The lowest BCUT2D eigenvalue weighted by Crippen LogP contribution is -2.39. The zero-order chi connectivity index (χ0) is 14.8. The quantitative estimate of drug-likeness (QED) is 0.861. The number of hydrogen-bond acceptors (Lipinski definition) is 5. The number of hydrogen-bond donors (Lipinski definition) is 2. The summed E-state index contributed by atoms with van der Waals surface area (Å²) in [5.74, 6) is 0.510. The Hall–Kier alpha value is -1.72. The average Bonchev–Trinajstić information content (AvgIpc) is 2.56. The van der Waals surface area contributed by atoms with E-state index in [-0.39, 0.29) is 17.5 Å². The maximum atomic E-state index is 11.9. The number of nitrogens with zero attached hydrogens (tertiary/aromatic N) is 1. The fourth-order valence-electron chi connectivity index (χ4n) is 1.57. The van der Waals surface area contributed by atoms with E-state index in [2.05, 4.69) is 10.3 Å². The number of nitrogen functional groups attached to an aromatic ring is 1. The van der Waals surface area contributed by atoms with Crippen molar-refractivity contribution in [3.05, 3.63) is 12.0 Å². The number of nitrogens with one attached hydrogen (secondary N) is 1. The van der Waals surface area contributed by atoms with Crippen LogP contribution in [0, 0.1) is 5.41 Å². The summed E-state index contributed by atoms with van der Waals surface area (Å²) in [5, 5.41) is 2.79. The van der Waals surface area contributed by atoms with Crippen LogP contribution in [0.3, 0.4) is 0 Å². The number of carbonyl (C=O) groups is 1. The van der Waals surface area contributed by atoms with Crippen LogP contribution in [0.15, 0.2) is 10.6 Å². The Kier molecular flexibility index (Phi) is 4.12. The van der Waals surface area contributed by atoms with E-state index in [4.69, 9.17) is 14.9 Å². The number of aromatic nitrogens is 1. The van der Waals surface area contributed by atoms with Gasteiger partial charge >= 0.3 is 6.09 Å². The molecule has 1 rings (SSSR count). The van der Waals surface area contributed by atoms with E-state index < -0.39 is 11.7 Å². The van der Waals surface area contributed by atoms with Crippen LogP contribution >= 0.6 is 0 Å². The minimum Gasteiger partial charge on any atom is -0.444 e. The zero-order valence-electron chi connectivity index (χ0n) is 12.4. The second-order valence-corrected chi connectivity index (χ2v) is 6.55. The zero-order valence-corrected chi connectivity index (χ0v) is 12.4. The van der Waals surface area contributed by atoms with Gasteiger partial charge in [-0.2, -0.15) is 0 Å². The summed E-state index contributed by atoms with van der Waals surface area (Å²) in [6.45, 7) is 11.4. The second-order valence-electron chi connectivity index (χ2n) is 6.55. The van der Waals surface area contributed by atoms with E-state index in [0.717, 1.165) is 0 Å². The summed E-state index contributed by atoms with van der Waals surface area (Å²) in [6, 6.07) is -0.289. The van der Waals surface area contributed by atoms with Crippen LogP contribution in [-0.4, -0.2) is 16.7 Å². The molecule has 0 fully saturated rings. The summed E-state index contributed by atoms with van der Waals surface area (Å²) in [6.07, 6.45) is 1.02. The predicted octanol–water partition coefficient (Wildman–Crippen LogP) is 2.87. The van der Waals surface area contributed by atoms with Crippen molar-refractivity contribution in [3.8, 4) is 0 Å². The molecule has 1 unspecified atom stereocenters. The van der Waals surface area contributed by atoms with Gasteiger partial charge in [-0.15, -0.1) is 0 Å². The lowest BCUT2D eigenvalue weighted by atomic mass is 9.85. The highest BCUT2D eigenvalue weighted by atomic mass is 16.6. The fraction of sp³-hybridized carbons (Fsp3) is 0.692. The number of nitrogens with two attached hydrogens (primary N) is 1. The number of carbonyl (C=O) groups excluding carboxylic acids is 1. The molecule has 3 N–H and O–H groups in total. The minimum absolute atomic E-state index is 0.0789. The van der Waals surface area contributed by atoms with Gasteiger partial charge in [-0.05, 0) is 26.2 Å². The van der Waals surface area contributed by atoms with Gasteiger partial charge in [0, 0.05) is 0 Å². The fourth-order valence-corrected chi connectivity index (χ4v) is 1.57. The molecule has 1 aromatic heterocycles. The van der Waals surface area contributed by atoms with E-state index in [0.29, 0.717) is 5.76 Å². The number of anilines is 1. The molecule has 0 bridgehead atoms. The third-order valence-corrected chi connectivity index (χ3v) is 2.35. The maximum Gasteiger partial charge on any atom is 0.408 e. The molecule has 0 aromatic carbocycles. The number of amides is 1. The molecule has 1 amide bonds. The normalized spacial score (nSPS) is 14.0. The maximum absolute atomic E-state index is 11.9. The first kappa shape index (κ1) is 15.3. The van der Waals surface area contributed by atoms with Crippen LogP contribution < -0.4 is 11.1 Å². The minimum atomic E-state index is -0.549. The monoisotopic (exact) mass is 269 g/mol. The van der Waals surface area contributed by atoms with E-state index in [1.54, 1.807) is 0 Å². The summed E-state index contributed by atoms with van der Waals surface area (Å²) in [4.78, 5) is 15.7. The molecular formula is C13H23N3O3. The molecule has 6 nitrogen and oxygen atoms in total. The Bertz CT molecular complexity index is 441. The van der Waals surface area contributed by atoms with Crippen LogP contribution in [0.4, 0.5) is 10.8 Å². The summed E-state index contributed by atoms with van der Waals surface area (Å²) in [7, 11) is 0. The first-order valence-corrected chi connectivity index (χ1v) is 6.20. The van der Waals surface area contributed by atoms with Crippen molar-refractivity contribution in [3.63, 3.8) is 0 Å². The van der Waals surface area contributed by atoms with Gasteiger partial charge in [-0.25, -0.2) is 9.78 Å². The molecule has 6 heteroatoms. The van der Waals surface area contributed by atoms with E-state index in [1.165, 1.54) is 6.20 Å². The summed E-state index contributed by atoms with van der Waals surface area (Å²) < 4.78 is 10.5. The van der Waals surface area contributed by atoms with Gasteiger partial charge in [-0.3, -0.25) is 0 Å². The highest BCUT2D eigenvalue weighted by Crippen LogP contribution is 2.33. The molecule has 0 radical (unpaired) electrons. The lowest BCUT2D eigenvalue weighted by Gasteiger charge is -2.30. The van der Waals surface area contributed by atoms with Crippen molar-refractivity contribution in [2.24, 2.45) is 5.41 Å². The first-order valence-electron chi connectivity index (χ1n) is 6.20. The Morgan fingerprint density at radius 2 is 1.95 bits per heavy atom. The number of ether oxygens (including phenoxy) is 1. The van der Waals surface area contributed by atoms with Crippen LogP contribution in [0.5, 0.6) is 0 Å². The molecular weight excluding hydrogens is 246 g/mol. The van der Waals surface area contributed by atoms with Gasteiger partial charge in [0.1, 0.15) is 11.4 Å². The Morgan fingerprint density at radius 3 is 2.32 bits per heavy atom. The highest BCUT2D eigenvalue weighted by molar-refractivity contribution is 5.68. The van der Waals surface area contributed by atoms with Crippen LogP contribution in [0.1, 0.15) is 53.3 Å². The van der Waals surface area contributed by atoms with Crippen LogP contribution in [0.25, 0.3) is 0 Å². The van der Waals surface area contributed by atoms with Crippen molar-refractivity contribution < 1.29 is 13.9 Å². The van der Waals surface area contributed by atoms with Gasteiger partial charge in [0.05, 0.1) is 12.2 Å². The molecule has 1 aromatic rings. The number of oxazole rings is 1. The Morgan fingerprint density at radius 1 is 1.37 bits per heavy atom. The predicted molar refractivity (Wildman–Crippen MR) is 72.5 cm³/mol. The SMILES string of the molecule is CC(C)(C)OC(=O)NC(c1cnc(N)o1)C(C)(C)C. The molecule has 108 valence electrons. The van der Waals surface area contributed by atoms with Crippen molar-refractivity contribution in [2.75, 3.05) is 5.73 Å². The molecule has 0 spiro atoms. The van der Waals surface area contributed by atoms with Gasteiger partial charge in [0.2, 0.25) is 0 Å². The third-order valence-electron chi connectivity index (χ3n) is 2.35. The number of rotatable bonds is 2. The molecule has 1 heterocycles. The third kappa shape index (κ3) is 4.81. The van der Waals surface area contributed by atoms with E-state index in [1.807, 2.05) is 41.5 Å². The van der Waals surface area contributed by atoms with Crippen molar-refractivity contribution in [1.29, 1.82) is 0 Å². The number of alkyl carbamates (subject to hydrolysis) is 1. The molecule has 1 atom stereocenters. The summed E-state index contributed by atoms with van der Waals surface area (Å²) >= 11 is 0. The van der Waals surface area contributed by atoms with Crippen LogP contribution in [-0.2, 0) is 4.74 Å². The highest BCUT2D eigenvalue weighted by Gasteiger charge is 2.32. The van der Waals surface area contributed by atoms with Crippen molar-refractivity contribution in [1.82, 2.24) is 10.3 Å². The van der Waals surface area contributed by atoms with E-state index in [9.17, 15) is 4.79 Å². The van der Waals surface area contributed by atoms with Gasteiger partial charge in [0.25, 0.3) is 6.01 Å². The largest absolute Gasteiger partial charge is 0.444 e. The molecule has 0 aliphatic rings. The van der Waals surface area contributed by atoms with E-state index >= 15 is 0 Å². The molecule has 0 aliphatic heterocycles. The first-order chi connectivity index (χ1) is 8.49. The van der Waals surface area contributed by atoms with Gasteiger partial charge < -0.3 is 20.2 Å². The second kappa shape index (κ2) is 5.11. The van der Waals surface area contributed by atoms with Gasteiger partial charge in [-0.1, -0.05) is 20.8 Å². The Balaban J connectivity index is 2.86.